The molecule has 0 fully saturated rings. The number of urea groups is 1. The van der Waals surface area contributed by atoms with Crippen molar-refractivity contribution in [3.05, 3.63) is 58.9 Å². The molecular weight excluding hydrogens is 541 g/mol. The predicted molar refractivity (Wildman–Crippen MR) is 140 cm³/mol. The highest BCUT2D eigenvalue weighted by Crippen LogP contribution is 2.35. The third-order valence-corrected chi connectivity index (χ3v) is 6.49. The lowest BCUT2D eigenvalue weighted by Gasteiger charge is -2.18. The Morgan fingerprint density at radius 3 is 2.55 bits per heavy atom. The van der Waals surface area contributed by atoms with Crippen LogP contribution in [0.15, 0.2) is 47.4 Å². The van der Waals surface area contributed by atoms with Gasteiger partial charge in [0.15, 0.2) is 11.5 Å². The Kier molecular flexibility index (Phi) is 7.56. The van der Waals surface area contributed by atoms with E-state index in [1.165, 1.54) is 16.3 Å². The van der Waals surface area contributed by atoms with E-state index in [1.54, 1.807) is 49.5 Å². The molecule has 0 saturated carbocycles. The van der Waals surface area contributed by atoms with Gasteiger partial charge in [0.2, 0.25) is 0 Å². The van der Waals surface area contributed by atoms with Gasteiger partial charge in [-0.3, -0.25) is 15.6 Å². The van der Waals surface area contributed by atoms with Crippen molar-refractivity contribution < 1.29 is 18.0 Å². The van der Waals surface area contributed by atoms with Crippen LogP contribution in [0.1, 0.15) is 18.3 Å². The molecule has 0 bridgehead atoms. The molecular formula is C24H18ClF3N8OS. The molecule has 4 rings (SSSR count). The van der Waals surface area contributed by atoms with Gasteiger partial charge in [0.25, 0.3) is 0 Å². The van der Waals surface area contributed by atoms with Crippen LogP contribution in [-0.4, -0.2) is 37.6 Å². The number of benzene rings is 1. The van der Waals surface area contributed by atoms with Crippen LogP contribution in [0.4, 0.5) is 29.5 Å². The molecule has 0 aliphatic heterocycles. The average molecular weight is 559 g/mol. The molecule has 3 aromatic heterocycles. The average Bonchev–Trinajstić information content (AvgIpc) is 3.22. The first-order valence-electron chi connectivity index (χ1n) is 10.9. The molecule has 1 aromatic carbocycles. The number of hydrogen-bond acceptors (Lipinski definition) is 7. The SMILES string of the molecule is CCSc1ccc(NC(=O)N(C=N)c2ccc(Cl)cc2)nc1-c1nc2cc(C(F)(F)F)nc(C#N)c2n1C. The second kappa shape index (κ2) is 10.7. The van der Waals surface area contributed by atoms with Crippen molar-refractivity contribution in [3.63, 3.8) is 0 Å². The minimum Gasteiger partial charge on any atom is -0.323 e. The van der Waals surface area contributed by atoms with Crippen molar-refractivity contribution >= 4 is 58.3 Å². The second-order valence-electron chi connectivity index (χ2n) is 7.71. The summed E-state index contributed by atoms with van der Waals surface area (Å²) in [7, 11) is 1.55. The maximum atomic E-state index is 13.3. The van der Waals surface area contributed by atoms with Crippen molar-refractivity contribution in [1.82, 2.24) is 19.5 Å². The van der Waals surface area contributed by atoms with Gasteiger partial charge >= 0.3 is 12.2 Å². The van der Waals surface area contributed by atoms with Crippen molar-refractivity contribution in [3.8, 4) is 17.6 Å². The van der Waals surface area contributed by atoms with E-state index >= 15 is 0 Å². The van der Waals surface area contributed by atoms with Crippen LogP contribution in [0.5, 0.6) is 0 Å². The topological polar surface area (TPSA) is 124 Å². The number of aromatic nitrogens is 4. The monoisotopic (exact) mass is 558 g/mol. The Morgan fingerprint density at radius 2 is 1.95 bits per heavy atom. The molecule has 38 heavy (non-hydrogen) atoms. The fourth-order valence-electron chi connectivity index (χ4n) is 3.64. The molecule has 2 amide bonds. The summed E-state index contributed by atoms with van der Waals surface area (Å²) in [5.74, 6) is 0.963. The number of thioether (sulfide) groups is 1. The molecule has 194 valence electrons. The molecule has 0 radical (unpaired) electrons. The van der Waals surface area contributed by atoms with Crippen LogP contribution < -0.4 is 10.2 Å². The lowest BCUT2D eigenvalue weighted by Crippen LogP contribution is -2.33. The summed E-state index contributed by atoms with van der Waals surface area (Å²) in [6.45, 7) is 1.92. The van der Waals surface area contributed by atoms with Crippen LogP contribution in [0, 0.1) is 16.7 Å². The number of nitrogens with one attached hydrogen (secondary N) is 2. The lowest BCUT2D eigenvalue weighted by molar-refractivity contribution is -0.141. The molecule has 3 heterocycles. The van der Waals surface area contributed by atoms with Gasteiger partial charge < -0.3 is 4.57 Å². The number of nitriles is 1. The number of anilines is 2. The van der Waals surface area contributed by atoms with E-state index in [2.05, 4.69) is 20.3 Å². The first kappa shape index (κ1) is 26.9. The Morgan fingerprint density at radius 1 is 1.24 bits per heavy atom. The van der Waals surface area contributed by atoms with E-state index in [4.69, 9.17) is 17.0 Å². The summed E-state index contributed by atoms with van der Waals surface area (Å²) in [6.07, 6.45) is -3.92. The molecule has 14 heteroatoms. The van der Waals surface area contributed by atoms with E-state index in [-0.39, 0.29) is 22.7 Å². The van der Waals surface area contributed by atoms with Gasteiger partial charge in [-0.1, -0.05) is 18.5 Å². The van der Waals surface area contributed by atoms with Gasteiger partial charge in [-0.25, -0.2) is 19.7 Å². The Hall–Kier alpha value is -4.15. The van der Waals surface area contributed by atoms with E-state index in [1.807, 2.05) is 6.92 Å². The summed E-state index contributed by atoms with van der Waals surface area (Å²) in [6, 6.07) is 11.4. The Balaban J connectivity index is 1.79. The molecule has 0 spiro atoms. The zero-order valence-corrected chi connectivity index (χ0v) is 21.4. The third-order valence-electron chi connectivity index (χ3n) is 5.31. The number of alkyl halides is 3. The number of imidazole rings is 1. The quantitative estimate of drug-likeness (QED) is 0.162. The maximum Gasteiger partial charge on any atom is 0.433 e. The number of fused-ring (bicyclic) bond motifs is 1. The molecule has 2 N–H and O–H groups in total. The number of amides is 2. The fourth-order valence-corrected chi connectivity index (χ4v) is 4.52. The largest absolute Gasteiger partial charge is 0.433 e. The predicted octanol–water partition coefficient (Wildman–Crippen LogP) is 6.33. The van der Waals surface area contributed by atoms with Crippen LogP contribution >= 0.6 is 23.4 Å². The normalized spacial score (nSPS) is 11.3. The van der Waals surface area contributed by atoms with Gasteiger partial charge in [-0.2, -0.15) is 18.4 Å². The lowest BCUT2D eigenvalue weighted by atomic mass is 10.2. The molecule has 0 aliphatic carbocycles. The number of rotatable bonds is 6. The van der Waals surface area contributed by atoms with Crippen LogP contribution in [0.2, 0.25) is 5.02 Å². The first-order chi connectivity index (χ1) is 18.1. The number of pyridine rings is 2. The van der Waals surface area contributed by atoms with Crippen LogP contribution in [0.25, 0.3) is 22.6 Å². The number of halogens is 4. The zero-order chi connectivity index (χ0) is 27.6. The van der Waals surface area contributed by atoms with Gasteiger partial charge in [0.1, 0.15) is 28.8 Å². The van der Waals surface area contributed by atoms with Gasteiger partial charge in [0, 0.05) is 17.0 Å². The Labute approximate surface area is 223 Å². The highest BCUT2D eigenvalue weighted by molar-refractivity contribution is 7.99. The minimum atomic E-state index is -4.76. The standard InChI is InChI=1S/C24H18ClF3N8OS/c1-3-38-17-8-9-19(34-23(37)36(12-30)14-6-4-13(25)5-7-14)33-20(17)22-32-15-10-18(24(26,27)28)31-16(11-29)21(15)35(22)2/h4-10,12,30H,3H2,1-2H3,(H,33,34,37). The molecule has 0 aliphatic rings. The van der Waals surface area contributed by atoms with E-state index in [0.29, 0.717) is 27.1 Å². The van der Waals surface area contributed by atoms with Crippen LogP contribution in [0.3, 0.4) is 0 Å². The highest BCUT2D eigenvalue weighted by atomic mass is 35.5. The van der Waals surface area contributed by atoms with E-state index in [0.717, 1.165) is 17.3 Å². The first-order valence-corrected chi connectivity index (χ1v) is 12.3. The summed E-state index contributed by atoms with van der Waals surface area (Å²) >= 11 is 7.32. The van der Waals surface area contributed by atoms with Gasteiger partial charge in [0.05, 0.1) is 17.5 Å². The smallest absolute Gasteiger partial charge is 0.323 e. The molecule has 0 saturated heterocycles. The van der Waals surface area contributed by atoms with Crippen molar-refractivity contribution in [2.24, 2.45) is 7.05 Å². The molecule has 0 unspecified atom stereocenters. The summed E-state index contributed by atoms with van der Waals surface area (Å²) in [5, 5.41) is 20.2. The van der Waals surface area contributed by atoms with E-state index < -0.39 is 23.6 Å². The molecule has 4 aromatic rings. The summed E-state index contributed by atoms with van der Waals surface area (Å²) in [5.41, 5.74) is -0.905. The van der Waals surface area contributed by atoms with E-state index in [9.17, 15) is 23.2 Å². The highest BCUT2D eigenvalue weighted by Gasteiger charge is 2.34. The minimum absolute atomic E-state index is 0.0669. The molecule has 9 nitrogen and oxygen atoms in total. The van der Waals surface area contributed by atoms with Crippen molar-refractivity contribution in [2.75, 3.05) is 16.0 Å². The Bertz CT molecular complexity index is 1580. The van der Waals surface area contributed by atoms with Gasteiger partial charge in [-0.15, -0.1) is 11.8 Å². The summed E-state index contributed by atoms with van der Waals surface area (Å²) < 4.78 is 41.5. The number of nitrogens with zero attached hydrogens (tertiary/aromatic N) is 6. The number of carbonyl (C=O) groups excluding carboxylic acids is 1. The maximum absolute atomic E-state index is 13.3. The second-order valence-corrected chi connectivity index (χ2v) is 9.45. The summed E-state index contributed by atoms with van der Waals surface area (Å²) in [4.78, 5) is 27.0. The molecule has 0 atom stereocenters. The van der Waals surface area contributed by atoms with Crippen molar-refractivity contribution in [1.29, 1.82) is 10.7 Å². The third kappa shape index (κ3) is 5.27. The number of hydrogen-bond donors (Lipinski definition) is 2. The zero-order valence-electron chi connectivity index (χ0n) is 19.8. The fraction of sp³-hybridized carbons (Fsp3) is 0.167. The number of carbonyl (C=O) groups is 1. The van der Waals surface area contributed by atoms with Crippen molar-refractivity contribution in [2.45, 2.75) is 18.0 Å². The van der Waals surface area contributed by atoms with Gasteiger partial charge in [-0.05, 0) is 48.2 Å². The number of aryl methyl sites for hydroxylation is 1. The van der Waals surface area contributed by atoms with Crippen LogP contribution in [-0.2, 0) is 13.2 Å².